The van der Waals surface area contributed by atoms with E-state index in [9.17, 15) is 4.79 Å². The number of carbonyl (C=O) groups is 1. The number of rotatable bonds is 2. The van der Waals surface area contributed by atoms with Gasteiger partial charge >= 0.3 is 0 Å². The molecule has 8 heteroatoms. The van der Waals surface area contributed by atoms with Crippen LogP contribution in [0.2, 0.25) is 0 Å². The molecule has 1 aromatic rings. The number of nitrogens with zero attached hydrogens (tertiary/aromatic N) is 3. The first-order valence-electron chi connectivity index (χ1n) is 5.81. The molecule has 0 aromatic carbocycles. The van der Waals surface area contributed by atoms with Gasteiger partial charge in [-0.2, -0.15) is 0 Å². The van der Waals surface area contributed by atoms with Gasteiger partial charge < -0.3 is 10.2 Å². The van der Waals surface area contributed by atoms with Crippen molar-refractivity contribution in [2.75, 3.05) is 24.5 Å². The SMILES string of the molecule is BC(P)(P)c1nc(N2CCNC(=O)C2)ncc1C. The molecule has 2 atom stereocenters. The molecule has 96 valence electrons. The van der Waals surface area contributed by atoms with Crippen LogP contribution in [0.5, 0.6) is 0 Å². The van der Waals surface area contributed by atoms with Crippen molar-refractivity contribution in [3.63, 3.8) is 0 Å². The van der Waals surface area contributed by atoms with Crippen LogP contribution in [0.1, 0.15) is 11.3 Å². The quantitative estimate of drug-likeness (QED) is 0.571. The number of carbonyl (C=O) groups excluding carboxylic acids is 1. The van der Waals surface area contributed by atoms with Crippen LogP contribution in [0, 0.1) is 6.92 Å². The van der Waals surface area contributed by atoms with Crippen LogP contribution in [0.4, 0.5) is 5.95 Å². The molecule has 5 nitrogen and oxygen atoms in total. The molecule has 2 unspecified atom stereocenters. The smallest absolute Gasteiger partial charge is 0.239 e. The largest absolute Gasteiger partial charge is 0.353 e. The summed E-state index contributed by atoms with van der Waals surface area (Å²) in [6.45, 7) is 3.71. The summed E-state index contributed by atoms with van der Waals surface area (Å²) in [5.74, 6) is 0.646. The number of aryl methyl sites for hydroxylation is 1. The number of aromatic nitrogens is 2. The summed E-state index contributed by atoms with van der Waals surface area (Å²) in [4.78, 5) is 22.0. The second kappa shape index (κ2) is 5.10. The Morgan fingerprint density at radius 2 is 2.28 bits per heavy atom. The van der Waals surface area contributed by atoms with Crippen molar-refractivity contribution in [2.24, 2.45) is 0 Å². The Labute approximate surface area is 112 Å². The van der Waals surface area contributed by atoms with Gasteiger partial charge in [-0.1, -0.05) is 0 Å². The summed E-state index contributed by atoms with van der Waals surface area (Å²) in [5.41, 5.74) is 2.01. The average molecular weight is 282 g/mol. The Kier molecular flexibility index (Phi) is 3.89. The minimum absolute atomic E-state index is 0.0199. The lowest BCUT2D eigenvalue weighted by molar-refractivity contribution is -0.120. The van der Waals surface area contributed by atoms with Gasteiger partial charge in [-0.05, 0) is 12.5 Å². The highest BCUT2D eigenvalue weighted by molar-refractivity contribution is 7.43. The van der Waals surface area contributed by atoms with Crippen LogP contribution in [0.25, 0.3) is 0 Å². The minimum atomic E-state index is -0.181. The highest BCUT2D eigenvalue weighted by Crippen LogP contribution is 2.35. The van der Waals surface area contributed by atoms with Gasteiger partial charge in [0.25, 0.3) is 0 Å². The molecule has 2 heterocycles. The molecular weight excluding hydrogens is 265 g/mol. The fourth-order valence-electron chi connectivity index (χ4n) is 1.94. The molecular formula is C10H17BN4OP2. The van der Waals surface area contributed by atoms with Crippen molar-refractivity contribution < 1.29 is 4.79 Å². The lowest BCUT2D eigenvalue weighted by atomic mass is 9.96. The van der Waals surface area contributed by atoms with E-state index < -0.39 is 0 Å². The zero-order valence-corrected chi connectivity index (χ0v) is 12.9. The van der Waals surface area contributed by atoms with Gasteiger partial charge in [0, 0.05) is 24.1 Å². The third kappa shape index (κ3) is 2.99. The molecule has 0 saturated carbocycles. The Balaban J connectivity index is 2.32. The van der Waals surface area contributed by atoms with E-state index in [0.717, 1.165) is 17.8 Å². The first-order chi connectivity index (χ1) is 8.38. The topological polar surface area (TPSA) is 58.1 Å². The fourth-order valence-corrected chi connectivity index (χ4v) is 2.52. The monoisotopic (exact) mass is 282 g/mol. The van der Waals surface area contributed by atoms with Crippen LogP contribution < -0.4 is 10.2 Å². The minimum Gasteiger partial charge on any atom is -0.353 e. The highest BCUT2D eigenvalue weighted by atomic mass is 31.1. The van der Waals surface area contributed by atoms with Crippen molar-refractivity contribution in [2.45, 2.75) is 11.7 Å². The summed E-state index contributed by atoms with van der Waals surface area (Å²) in [7, 11) is 7.57. The highest BCUT2D eigenvalue weighted by Gasteiger charge is 2.23. The summed E-state index contributed by atoms with van der Waals surface area (Å²) in [5, 5.41) is 2.79. The van der Waals surface area contributed by atoms with Gasteiger partial charge in [0.05, 0.1) is 12.2 Å². The fraction of sp³-hybridized carbons (Fsp3) is 0.500. The summed E-state index contributed by atoms with van der Waals surface area (Å²) < 4.78 is 0. The Morgan fingerprint density at radius 1 is 1.56 bits per heavy atom. The Bertz CT molecular complexity index is 477. The maximum absolute atomic E-state index is 11.4. The van der Waals surface area contributed by atoms with Gasteiger partial charge in [0.2, 0.25) is 11.9 Å². The summed E-state index contributed by atoms with van der Waals surface area (Å²) in [6.07, 6.45) is 1.82. The second-order valence-electron chi connectivity index (χ2n) is 4.76. The molecule has 1 aliphatic rings. The lowest BCUT2D eigenvalue weighted by Crippen LogP contribution is -2.48. The van der Waals surface area contributed by atoms with Crippen LogP contribution in [0.3, 0.4) is 0 Å². The number of hydrogen-bond acceptors (Lipinski definition) is 4. The van der Waals surface area contributed by atoms with Crippen LogP contribution >= 0.6 is 18.5 Å². The Hall–Kier alpha value is -0.725. The predicted octanol–water partition coefficient (Wildman–Crippen LogP) is -0.785. The Morgan fingerprint density at radius 3 is 2.89 bits per heavy atom. The van der Waals surface area contributed by atoms with Gasteiger partial charge in [-0.25, -0.2) is 9.97 Å². The zero-order valence-electron chi connectivity index (χ0n) is 10.6. The van der Waals surface area contributed by atoms with E-state index in [1.165, 1.54) is 0 Å². The zero-order chi connectivity index (χ0) is 13.3. The van der Waals surface area contributed by atoms with Crippen molar-refractivity contribution >= 4 is 38.2 Å². The normalized spacial score (nSPS) is 16.6. The van der Waals surface area contributed by atoms with Gasteiger partial charge in [0.15, 0.2) is 0 Å². The van der Waals surface area contributed by atoms with E-state index in [-0.39, 0.29) is 10.7 Å². The van der Waals surface area contributed by atoms with Crippen molar-refractivity contribution in [3.8, 4) is 0 Å². The molecule has 1 aromatic heterocycles. The molecule has 1 fully saturated rings. The van der Waals surface area contributed by atoms with E-state index in [1.54, 1.807) is 0 Å². The maximum Gasteiger partial charge on any atom is 0.239 e. The third-order valence-corrected chi connectivity index (χ3v) is 3.34. The molecule has 1 aliphatic heterocycles. The number of piperazine rings is 1. The molecule has 1 amide bonds. The van der Waals surface area contributed by atoms with Crippen LogP contribution in [0.15, 0.2) is 6.20 Å². The van der Waals surface area contributed by atoms with E-state index >= 15 is 0 Å². The number of anilines is 1. The first-order valence-corrected chi connectivity index (χ1v) is 6.97. The van der Waals surface area contributed by atoms with Crippen molar-refractivity contribution in [1.82, 2.24) is 15.3 Å². The second-order valence-corrected chi connectivity index (χ2v) is 7.82. The number of hydrogen-bond donors (Lipinski definition) is 1. The summed E-state index contributed by atoms with van der Waals surface area (Å²) in [6, 6.07) is 0. The average Bonchev–Trinajstić information content (AvgIpc) is 2.28. The van der Waals surface area contributed by atoms with Crippen LogP contribution in [-0.2, 0) is 9.59 Å². The maximum atomic E-state index is 11.4. The molecule has 0 bridgehead atoms. The van der Waals surface area contributed by atoms with E-state index in [0.29, 0.717) is 19.0 Å². The summed E-state index contributed by atoms with van der Waals surface area (Å²) >= 11 is 0. The molecule has 1 N–H and O–H groups in total. The number of amides is 1. The number of nitrogens with one attached hydrogen (secondary N) is 1. The van der Waals surface area contributed by atoms with Crippen molar-refractivity contribution in [3.05, 3.63) is 17.5 Å². The van der Waals surface area contributed by atoms with Gasteiger partial charge in [-0.15, -0.1) is 18.5 Å². The molecule has 0 aliphatic carbocycles. The molecule has 1 saturated heterocycles. The van der Waals surface area contributed by atoms with Gasteiger partial charge in [-0.3, -0.25) is 4.79 Å². The van der Waals surface area contributed by atoms with E-state index in [1.807, 2.05) is 18.0 Å². The standard InChI is InChI=1S/C10H17BN4OP2/c1-6-4-13-9(14-8(6)10(11,17)18)15-3-2-12-7(16)5-15/h4H,2-3,5,11,17-18H2,1H3,(H,12,16). The van der Waals surface area contributed by atoms with Crippen molar-refractivity contribution in [1.29, 1.82) is 0 Å². The van der Waals surface area contributed by atoms with E-state index in [4.69, 9.17) is 0 Å². The third-order valence-electron chi connectivity index (χ3n) is 2.79. The molecule has 0 radical (unpaired) electrons. The van der Waals surface area contributed by atoms with Crippen LogP contribution in [-0.4, -0.2) is 43.4 Å². The molecule has 18 heavy (non-hydrogen) atoms. The molecule has 0 spiro atoms. The van der Waals surface area contributed by atoms with Gasteiger partial charge in [0.1, 0.15) is 7.85 Å². The first kappa shape index (κ1) is 13.7. The lowest BCUT2D eigenvalue weighted by Gasteiger charge is -2.28. The van der Waals surface area contributed by atoms with E-state index in [2.05, 4.69) is 41.6 Å². The predicted molar refractivity (Wildman–Crippen MR) is 81.6 cm³/mol. The molecule has 2 rings (SSSR count).